The number of fused-ring (bicyclic) bond motifs is 1. The van der Waals surface area contributed by atoms with E-state index in [4.69, 9.17) is 5.11 Å². The van der Waals surface area contributed by atoms with E-state index in [1.807, 2.05) is 6.92 Å². The fourth-order valence-electron chi connectivity index (χ4n) is 1.77. The van der Waals surface area contributed by atoms with E-state index in [0.29, 0.717) is 23.1 Å². The zero-order valence-electron chi connectivity index (χ0n) is 10.4. The topological polar surface area (TPSA) is 101 Å². The molecule has 0 saturated heterocycles. The first-order chi connectivity index (χ1) is 9.11. The van der Waals surface area contributed by atoms with Gasteiger partial charge in [0.15, 0.2) is 0 Å². The van der Waals surface area contributed by atoms with Crippen molar-refractivity contribution in [2.45, 2.75) is 19.4 Å². The quantitative estimate of drug-likeness (QED) is 0.628. The molecule has 0 amide bonds. The number of rotatable bonds is 5. The molecule has 7 nitrogen and oxygen atoms in total. The third-order valence-electron chi connectivity index (χ3n) is 2.77. The lowest BCUT2D eigenvalue weighted by atomic mass is 10.2. The Bertz CT molecular complexity index is 603. The minimum Gasteiger partial charge on any atom is -0.396 e. The summed E-state index contributed by atoms with van der Waals surface area (Å²) in [6, 6.07) is 4.47. The van der Waals surface area contributed by atoms with Crippen molar-refractivity contribution in [2.75, 3.05) is 11.9 Å². The van der Waals surface area contributed by atoms with Crippen LogP contribution in [-0.2, 0) is 0 Å². The van der Waals surface area contributed by atoms with Crippen LogP contribution in [0.5, 0.6) is 0 Å². The number of nitro groups is 1. The molecular formula is C12H14N4O3. The number of anilines is 1. The predicted octanol–water partition coefficient (Wildman–Crippen LogP) is 1.72. The van der Waals surface area contributed by atoms with Crippen LogP contribution in [0.1, 0.15) is 13.3 Å². The van der Waals surface area contributed by atoms with Gasteiger partial charge in [-0.1, -0.05) is 0 Å². The van der Waals surface area contributed by atoms with Crippen LogP contribution in [0, 0.1) is 10.1 Å². The van der Waals surface area contributed by atoms with Crippen LogP contribution in [-0.4, -0.2) is 32.6 Å². The van der Waals surface area contributed by atoms with Gasteiger partial charge in [0.05, 0.1) is 10.4 Å². The standard InChI is InChI=1S/C12H14N4O3/c1-8(4-5-17)15-12-10-6-9(16(18)19)2-3-11(10)13-7-14-12/h2-3,6-8,17H,4-5H2,1H3,(H,13,14,15). The molecule has 0 aliphatic heterocycles. The third kappa shape index (κ3) is 2.94. The first-order valence-electron chi connectivity index (χ1n) is 5.88. The molecule has 100 valence electrons. The minimum absolute atomic E-state index is 0.000149. The molecule has 0 saturated carbocycles. The normalized spacial score (nSPS) is 12.3. The molecule has 1 heterocycles. The van der Waals surface area contributed by atoms with Gasteiger partial charge in [0.1, 0.15) is 12.1 Å². The van der Waals surface area contributed by atoms with Gasteiger partial charge in [0.25, 0.3) is 5.69 Å². The van der Waals surface area contributed by atoms with Crippen LogP contribution in [0.15, 0.2) is 24.5 Å². The summed E-state index contributed by atoms with van der Waals surface area (Å²) in [6.45, 7) is 1.97. The van der Waals surface area contributed by atoms with Gasteiger partial charge in [0, 0.05) is 30.2 Å². The van der Waals surface area contributed by atoms with E-state index < -0.39 is 4.92 Å². The Morgan fingerprint density at radius 1 is 1.47 bits per heavy atom. The second-order valence-corrected chi connectivity index (χ2v) is 4.24. The van der Waals surface area contributed by atoms with E-state index in [0.717, 1.165) is 0 Å². The SMILES string of the molecule is CC(CCO)Nc1ncnc2ccc([N+](=O)[O-])cc12. The van der Waals surface area contributed by atoms with Gasteiger partial charge >= 0.3 is 0 Å². The van der Waals surface area contributed by atoms with E-state index in [1.54, 1.807) is 6.07 Å². The highest BCUT2D eigenvalue weighted by Crippen LogP contribution is 2.24. The zero-order valence-corrected chi connectivity index (χ0v) is 10.4. The molecule has 2 rings (SSSR count). The number of nitrogens with one attached hydrogen (secondary N) is 1. The van der Waals surface area contributed by atoms with Gasteiger partial charge in [0.2, 0.25) is 0 Å². The fraction of sp³-hybridized carbons (Fsp3) is 0.333. The summed E-state index contributed by atoms with van der Waals surface area (Å²) >= 11 is 0. The largest absolute Gasteiger partial charge is 0.396 e. The molecule has 1 atom stereocenters. The van der Waals surface area contributed by atoms with Gasteiger partial charge in [-0.3, -0.25) is 10.1 Å². The van der Waals surface area contributed by atoms with Gasteiger partial charge in [-0.05, 0) is 19.4 Å². The second kappa shape index (κ2) is 5.57. The van der Waals surface area contributed by atoms with Crippen molar-refractivity contribution in [2.24, 2.45) is 0 Å². The molecule has 2 aromatic rings. The monoisotopic (exact) mass is 262 g/mol. The molecule has 0 spiro atoms. The first kappa shape index (κ1) is 13.2. The lowest BCUT2D eigenvalue weighted by molar-refractivity contribution is -0.384. The molecule has 2 N–H and O–H groups in total. The number of benzene rings is 1. The smallest absolute Gasteiger partial charge is 0.270 e. The van der Waals surface area contributed by atoms with Crippen LogP contribution < -0.4 is 5.32 Å². The molecule has 1 aromatic carbocycles. The number of hydrogen-bond donors (Lipinski definition) is 2. The van der Waals surface area contributed by atoms with Crippen molar-refractivity contribution in [3.05, 3.63) is 34.6 Å². The van der Waals surface area contributed by atoms with E-state index in [2.05, 4.69) is 15.3 Å². The van der Waals surface area contributed by atoms with Crippen LogP contribution in [0.25, 0.3) is 10.9 Å². The maximum absolute atomic E-state index is 10.8. The highest BCUT2D eigenvalue weighted by atomic mass is 16.6. The van der Waals surface area contributed by atoms with Crippen molar-refractivity contribution >= 4 is 22.4 Å². The molecule has 1 aromatic heterocycles. The average molecular weight is 262 g/mol. The lowest BCUT2D eigenvalue weighted by Gasteiger charge is -2.14. The van der Waals surface area contributed by atoms with Crippen molar-refractivity contribution in [3.63, 3.8) is 0 Å². The first-order valence-corrected chi connectivity index (χ1v) is 5.88. The second-order valence-electron chi connectivity index (χ2n) is 4.24. The summed E-state index contributed by atoms with van der Waals surface area (Å²) in [5.41, 5.74) is 0.638. The fourth-order valence-corrected chi connectivity index (χ4v) is 1.77. The number of nitrogens with zero attached hydrogens (tertiary/aromatic N) is 3. The molecule has 1 unspecified atom stereocenters. The molecule has 0 bridgehead atoms. The van der Waals surface area contributed by atoms with E-state index >= 15 is 0 Å². The van der Waals surface area contributed by atoms with Crippen molar-refractivity contribution in [1.29, 1.82) is 0 Å². The van der Waals surface area contributed by atoms with E-state index in [9.17, 15) is 10.1 Å². The van der Waals surface area contributed by atoms with Crippen LogP contribution in [0.4, 0.5) is 11.5 Å². The lowest BCUT2D eigenvalue weighted by Crippen LogP contribution is -2.17. The summed E-state index contributed by atoms with van der Waals surface area (Å²) in [6.07, 6.45) is 1.97. The maximum Gasteiger partial charge on any atom is 0.270 e. The summed E-state index contributed by atoms with van der Waals surface area (Å²) in [5, 5.41) is 23.4. The third-order valence-corrected chi connectivity index (χ3v) is 2.77. The molecule has 0 fully saturated rings. The number of aliphatic hydroxyl groups excluding tert-OH is 1. The Labute approximate surface area is 109 Å². The minimum atomic E-state index is -0.451. The van der Waals surface area contributed by atoms with Crippen LogP contribution in [0.2, 0.25) is 0 Å². The Balaban J connectivity index is 2.42. The zero-order chi connectivity index (χ0) is 13.8. The number of hydrogen-bond acceptors (Lipinski definition) is 6. The molecule has 0 radical (unpaired) electrons. The number of nitro benzene ring substituents is 1. The van der Waals surface area contributed by atoms with Crippen molar-refractivity contribution in [3.8, 4) is 0 Å². The number of non-ortho nitro benzene ring substituents is 1. The van der Waals surface area contributed by atoms with Gasteiger partial charge in [-0.25, -0.2) is 9.97 Å². The van der Waals surface area contributed by atoms with Crippen molar-refractivity contribution in [1.82, 2.24) is 9.97 Å². The van der Waals surface area contributed by atoms with Crippen LogP contribution in [0.3, 0.4) is 0 Å². The number of aliphatic hydroxyl groups is 1. The molecular weight excluding hydrogens is 248 g/mol. The summed E-state index contributed by atoms with van der Waals surface area (Å²) in [7, 11) is 0. The van der Waals surface area contributed by atoms with Crippen LogP contribution >= 0.6 is 0 Å². The molecule has 0 aliphatic rings. The summed E-state index contributed by atoms with van der Waals surface area (Å²) in [4.78, 5) is 18.5. The van der Waals surface area contributed by atoms with Gasteiger partial charge in [-0.2, -0.15) is 0 Å². The highest BCUT2D eigenvalue weighted by molar-refractivity contribution is 5.90. The predicted molar refractivity (Wildman–Crippen MR) is 71.0 cm³/mol. The molecule has 0 aliphatic carbocycles. The van der Waals surface area contributed by atoms with E-state index in [1.165, 1.54) is 18.5 Å². The van der Waals surface area contributed by atoms with Gasteiger partial charge < -0.3 is 10.4 Å². The Morgan fingerprint density at radius 2 is 2.26 bits per heavy atom. The maximum atomic E-state index is 10.8. The summed E-state index contributed by atoms with van der Waals surface area (Å²) in [5.74, 6) is 0.537. The molecule has 19 heavy (non-hydrogen) atoms. The molecule has 7 heteroatoms. The van der Waals surface area contributed by atoms with Crippen molar-refractivity contribution < 1.29 is 10.0 Å². The Kier molecular flexibility index (Phi) is 3.86. The van der Waals surface area contributed by atoms with Gasteiger partial charge in [-0.15, -0.1) is 0 Å². The number of aromatic nitrogens is 2. The summed E-state index contributed by atoms with van der Waals surface area (Å²) < 4.78 is 0. The van der Waals surface area contributed by atoms with E-state index in [-0.39, 0.29) is 18.3 Å². The Morgan fingerprint density at radius 3 is 2.95 bits per heavy atom. The average Bonchev–Trinajstić information content (AvgIpc) is 2.38. The highest BCUT2D eigenvalue weighted by Gasteiger charge is 2.11. The Hall–Kier alpha value is -2.28.